The molecule has 67 heavy (non-hydrogen) atoms. The molecule has 0 N–H and O–H groups in total. The summed E-state index contributed by atoms with van der Waals surface area (Å²) in [5, 5.41) is 9.97. The zero-order valence-electron chi connectivity index (χ0n) is 39.3. The van der Waals surface area contributed by atoms with Gasteiger partial charge in [0.1, 0.15) is 0 Å². The van der Waals surface area contributed by atoms with Crippen LogP contribution in [0.2, 0.25) is 0 Å². The average molecular weight is 862 g/mol. The summed E-state index contributed by atoms with van der Waals surface area (Å²) in [4.78, 5) is 2.43. The van der Waals surface area contributed by atoms with Gasteiger partial charge < -0.3 is 4.90 Å². The van der Waals surface area contributed by atoms with Crippen molar-refractivity contribution < 1.29 is 0 Å². The van der Waals surface area contributed by atoms with Gasteiger partial charge in [-0.25, -0.2) is 0 Å². The predicted molar refractivity (Wildman–Crippen MR) is 290 cm³/mol. The van der Waals surface area contributed by atoms with Gasteiger partial charge in [0.05, 0.1) is 0 Å². The fourth-order valence-electron chi connectivity index (χ4n) is 10.1. The normalized spacial score (nSPS) is 12.0. The third-order valence-electron chi connectivity index (χ3n) is 13.8. The van der Waals surface area contributed by atoms with Crippen molar-refractivity contribution in [1.29, 1.82) is 0 Å². The highest BCUT2D eigenvalue weighted by Crippen LogP contribution is 2.50. The van der Waals surface area contributed by atoms with Crippen LogP contribution in [0.15, 0.2) is 224 Å². The molecule has 0 aromatic heterocycles. The minimum atomic E-state index is 0.0494. The highest BCUT2D eigenvalue weighted by Gasteiger charge is 2.24. The average Bonchev–Trinajstić information content (AvgIpc) is 3.36. The maximum Gasteiger partial charge on any atom is 0.0468 e. The van der Waals surface area contributed by atoms with Crippen molar-refractivity contribution in [1.82, 2.24) is 0 Å². The van der Waals surface area contributed by atoms with Gasteiger partial charge in [0.25, 0.3) is 0 Å². The van der Waals surface area contributed by atoms with Crippen molar-refractivity contribution in [3.8, 4) is 44.5 Å². The summed E-state index contributed by atoms with van der Waals surface area (Å²) in [6, 6.07) is 83.6. The summed E-state index contributed by atoms with van der Waals surface area (Å²) in [7, 11) is 0. The largest absolute Gasteiger partial charge is 0.310 e. The topological polar surface area (TPSA) is 3.24 Å². The lowest BCUT2D eigenvalue weighted by Gasteiger charge is -2.29. The Balaban J connectivity index is 1.19. The molecule has 1 nitrogen and oxygen atoms in total. The van der Waals surface area contributed by atoms with E-state index in [0.29, 0.717) is 0 Å². The molecule has 11 aromatic carbocycles. The van der Waals surface area contributed by atoms with Gasteiger partial charge in [0, 0.05) is 17.1 Å². The lowest BCUT2D eigenvalue weighted by molar-refractivity contribution is 0.590. The van der Waals surface area contributed by atoms with Crippen molar-refractivity contribution in [2.75, 3.05) is 4.90 Å². The van der Waals surface area contributed by atoms with E-state index in [-0.39, 0.29) is 10.8 Å². The van der Waals surface area contributed by atoms with Crippen LogP contribution >= 0.6 is 0 Å². The van der Waals surface area contributed by atoms with E-state index >= 15 is 0 Å². The van der Waals surface area contributed by atoms with Gasteiger partial charge in [0.2, 0.25) is 0 Å². The SMILES string of the molecule is CC(C)(C)c1ccc(N(c2ccc(C(C)(C)C)cc2)c2ccc3c(c2)c2ccccc2c2c(-c4ccccc4)cc(-c4ccc(-c5ccc6ccccc6c5)cc4)c(-c4ccccc4)c32)cc1. The summed E-state index contributed by atoms with van der Waals surface area (Å²) in [6.45, 7) is 13.7. The molecule has 0 aliphatic heterocycles. The maximum atomic E-state index is 2.46. The molecule has 0 heterocycles. The number of fused-ring (bicyclic) bond motifs is 7. The molecule has 11 aromatic rings. The van der Waals surface area contributed by atoms with Crippen LogP contribution in [-0.2, 0) is 10.8 Å². The molecular weight excluding hydrogens is 807 g/mol. The van der Waals surface area contributed by atoms with Gasteiger partial charge in [-0.05, 0) is 158 Å². The molecule has 11 rings (SSSR count). The third-order valence-corrected chi connectivity index (χ3v) is 13.8. The number of rotatable bonds is 7. The van der Waals surface area contributed by atoms with E-state index in [1.54, 1.807) is 0 Å². The van der Waals surface area contributed by atoms with Crippen LogP contribution in [0.4, 0.5) is 17.1 Å². The van der Waals surface area contributed by atoms with Gasteiger partial charge in [-0.2, -0.15) is 0 Å². The highest BCUT2D eigenvalue weighted by molar-refractivity contribution is 6.33. The summed E-state index contributed by atoms with van der Waals surface area (Å²) >= 11 is 0. The van der Waals surface area contributed by atoms with E-state index in [1.807, 2.05) is 0 Å². The number of hydrogen-bond acceptors (Lipinski definition) is 1. The molecule has 0 aliphatic rings. The first kappa shape index (κ1) is 41.9. The fourth-order valence-corrected chi connectivity index (χ4v) is 10.1. The number of benzene rings is 11. The molecule has 0 spiro atoms. The summed E-state index contributed by atoms with van der Waals surface area (Å²) in [5.74, 6) is 0. The first-order valence-corrected chi connectivity index (χ1v) is 23.7. The van der Waals surface area contributed by atoms with Crippen molar-refractivity contribution in [2.45, 2.75) is 52.4 Å². The Bertz CT molecular complexity index is 3530. The van der Waals surface area contributed by atoms with Crippen molar-refractivity contribution in [3.63, 3.8) is 0 Å². The van der Waals surface area contributed by atoms with Gasteiger partial charge in [-0.15, -0.1) is 0 Å². The molecule has 0 bridgehead atoms. The third kappa shape index (κ3) is 7.75. The second-order valence-corrected chi connectivity index (χ2v) is 20.2. The molecule has 0 amide bonds. The molecule has 0 saturated carbocycles. The summed E-state index contributed by atoms with van der Waals surface area (Å²) < 4.78 is 0. The fraction of sp³-hybridized carbons (Fsp3) is 0.121. The molecule has 0 saturated heterocycles. The molecule has 0 fully saturated rings. The van der Waals surface area contributed by atoms with Crippen LogP contribution in [0.3, 0.4) is 0 Å². The zero-order valence-corrected chi connectivity index (χ0v) is 39.3. The zero-order chi connectivity index (χ0) is 45.9. The molecule has 0 radical (unpaired) electrons. The second-order valence-electron chi connectivity index (χ2n) is 20.2. The van der Waals surface area contributed by atoms with Crippen LogP contribution < -0.4 is 4.90 Å². The lowest BCUT2D eigenvalue weighted by Crippen LogP contribution is -2.14. The van der Waals surface area contributed by atoms with Crippen molar-refractivity contribution >= 4 is 60.2 Å². The Morgan fingerprint density at radius 2 is 0.761 bits per heavy atom. The van der Waals surface area contributed by atoms with E-state index in [1.165, 1.54) is 98.7 Å². The Kier molecular flexibility index (Phi) is 10.4. The van der Waals surface area contributed by atoms with Gasteiger partial charge in [-0.3, -0.25) is 0 Å². The van der Waals surface area contributed by atoms with Crippen LogP contribution in [0, 0.1) is 0 Å². The number of nitrogens with zero attached hydrogens (tertiary/aromatic N) is 1. The Morgan fingerprint density at radius 3 is 1.37 bits per heavy atom. The van der Waals surface area contributed by atoms with Crippen molar-refractivity contribution in [3.05, 3.63) is 236 Å². The van der Waals surface area contributed by atoms with E-state index in [2.05, 4.69) is 271 Å². The second kappa shape index (κ2) is 16.6. The van der Waals surface area contributed by atoms with Crippen LogP contribution in [0.1, 0.15) is 52.7 Å². The standard InChI is InChI=1S/C66H55N/c1-65(2,3)51-31-35-53(36-32-51)67(54-37-33-52(34-38-54)66(4,5)6)55-39-40-58-61(42-55)56-23-15-16-24-57(56)63-60(46-18-9-7-10-19-46)43-59(62(64(58)63)48-20-11-8-12-21-48)47-28-25-45(26-29-47)50-30-27-44-17-13-14-22-49(44)41-50/h7-43H,1-6H3. The number of anilines is 3. The molecule has 0 aliphatic carbocycles. The van der Waals surface area contributed by atoms with Crippen LogP contribution in [0.5, 0.6) is 0 Å². The van der Waals surface area contributed by atoms with E-state index in [9.17, 15) is 0 Å². The molecule has 0 unspecified atom stereocenters. The van der Waals surface area contributed by atoms with Crippen LogP contribution in [0.25, 0.3) is 87.6 Å². The quantitative estimate of drug-likeness (QED) is 0.144. The molecule has 0 atom stereocenters. The maximum absolute atomic E-state index is 2.46. The first-order valence-electron chi connectivity index (χ1n) is 23.7. The van der Waals surface area contributed by atoms with E-state index < -0.39 is 0 Å². The lowest BCUT2D eigenvalue weighted by atomic mass is 9.81. The molecular formula is C66H55N. The Labute approximate surface area is 395 Å². The summed E-state index contributed by atoms with van der Waals surface area (Å²) in [6.07, 6.45) is 0. The minimum absolute atomic E-state index is 0.0494. The van der Waals surface area contributed by atoms with Gasteiger partial charge in [0.15, 0.2) is 0 Å². The Morgan fingerprint density at radius 1 is 0.284 bits per heavy atom. The summed E-state index contributed by atoms with van der Waals surface area (Å²) in [5.41, 5.74) is 15.8. The van der Waals surface area contributed by atoms with E-state index in [4.69, 9.17) is 0 Å². The monoisotopic (exact) mass is 861 g/mol. The van der Waals surface area contributed by atoms with E-state index in [0.717, 1.165) is 17.1 Å². The minimum Gasteiger partial charge on any atom is -0.310 e. The highest BCUT2D eigenvalue weighted by atomic mass is 15.1. The van der Waals surface area contributed by atoms with Gasteiger partial charge in [-0.1, -0.05) is 217 Å². The predicted octanol–water partition coefficient (Wildman–Crippen LogP) is 19.0. The smallest absolute Gasteiger partial charge is 0.0468 e. The Hall–Kier alpha value is -7.74. The molecule has 324 valence electrons. The van der Waals surface area contributed by atoms with Gasteiger partial charge >= 0.3 is 0 Å². The number of hydrogen-bond donors (Lipinski definition) is 0. The van der Waals surface area contributed by atoms with Crippen LogP contribution in [-0.4, -0.2) is 0 Å². The first-order chi connectivity index (χ1) is 32.5. The molecule has 1 heteroatoms. The van der Waals surface area contributed by atoms with Crippen molar-refractivity contribution in [2.24, 2.45) is 0 Å².